The van der Waals surface area contributed by atoms with Crippen molar-refractivity contribution in [1.82, 2.24) is 20.1 Å². The summed E-state index contributed by atoms with van der Waals surface area (Å²) in [6.07, 6.45) is -2.78. The zero-order chi connectivity index (χ0) is 56.2. The highest BCUT2D eigenvalue weighted by Gasteiger charge is 2.54. The molecule has 1 aromatic heterocycles. The summed E-state index contributed by atoms with van der Waals surface area (Å²) in [4.78, 5) is 78.7. The van der Waals surface area contributed by atoms with Gasteiger partial charge < -0.3 is 58.0 Å². The molecule has 2 aromatic rings. The van der Waals surface area contributed by atoms with Crippen LogP contribution in [-0.2, 0) is 54.0 Å². The number of esters is 2. The molecule has 3 aliphatic rings. The summed E-state index contributed by atoms with van der Waals surface area (Å²) in [5.41, 5.74) is -2.08. The molecular weight excluding hydrogens is 1030 g/mol. The molecule has 19 nitrogen and oxygen atoms in total. The fourth-order valence-electron chi connectivity index (χ4n) is 10.8. The molecular formula is C55H82Cl2N4O15. The first-order valence-electron chi connectivity index (χ1n) is 26.4. The van der Waals surface area contributed by atoms with Crippen molar-refractivity contribution in [3.8, 4) is 11.5 Å². The van der Waals surface area contributed by atoms with E-state index in [1.54, 1.807) is 73.6 Å². The number of morpholine rings is 1. The van der Waals surface area contributed by atoms with E-state index in [-0.39, 0.29) is 72.7 Å². The average Bonchev–Trinajstić information content (AvgIpc) is 3.39. The summed E-state index contributed by atoms with van der Waals surface area (Å²) in [5, 5.41) is 15.1. The monoisotopic (exact) mass is 1110 g/mol. The van der Waals surface area contributed by atoms with Crippen molar-refractivity contribution in [3.05, 3.63) is 51.8 Å². The third kappa shape index (κ3) is 15.6. The maximum atomic E-state index is 14.8. The van der Waals surface area contributed by atoms with Crippen LogP contribution in [0.15, 0.2) is 30.6 Å². The number of likely N-dealkylation sites (N-methyl/N-ethyl adjacent to an activating group) is 1. The van der Waals surface area contributed by atoms with E-state index in [2.05, 4.69) is 10.3 Å². The Morgan fingerprint density at radius 1 is 0.974 bits per heavy atom. The fourth-order valence-corrected chi connectivity index (χ4v) is 11.3. The Hall–Kier alpha value is -4.18. The van der Waals surface area contributed by atoms with Gasteiger partial charge in [-0.1, -0.05) is 57.8 Å². The van der Waals surface area contributed by atoms with E-state index in [0.717, 1.165) is 0 Å². The first-order chi connectivity index (χ1) is 35.9. The molecule has 4 heterocycles. The van der Waals surface area contributed by atoms with Crippen LogP contribution >= 0.6 is 23.2 Å². The van der Waals surface area contributed by atoms with Gasteiger partial charge in [0, 0.05) is 86.4 Å². The number of methoxy groups -OCH3 is 2. The number of pyridine rings is 1. The predicted octanol–water partition coefficient (Wildman–Crippen LogP) is 7.01. The molecule has 0 bridgehead atoms. The summed E-state index contributed by atoms with van der Waals surface area (Å²) in [5.74, 6) is -5.17. The van der Waals surface area contributed by atoms with Crippen molar-refractivity contribution in [2.24, 2.45) is 29.6 Å². The number of aliphatic hydroxyl groups is 1. The Kier molecular flexibility index (Phi) is 23.2. The van der Waals surface area contributed by atoms with Crippen molar-refractivity contribution in [3.63, 3.8) is 0 Å². The van der Waals surface area contributed by atoms with E-state index in [4.69, 9.17) is 65.8 Å². The molecule has 3 saturated heterocycles. The molecule has 14 atom stereocenters. The molecule has 0 unspecified atom stereocenters. The second-order valence-electron chi connectivity index (χ2n) is 21.3. The highest BCUT2D eigenvalue weighted by atomic mass is 35.5. The molecule has 21 heteroatoms. The number of rotatable bonds is 18. The first-order valence-corrected chi connectivity index (χ1v) is 27.2. The number of ether oxygens (including phenoxy) is 9. The number of ketones is 2. The number of Topliss-reactive ketones (excluding diaryl/α,β-unsaturated/α-hetero) is 2. The number of nitrogens with zero attached hydrogens (tertiary/aromatic N) is 3. The molecule has 3 aliphatic heterocycles. The number of halogens is 2. The van der Waals surface area contributed by atoms with E-state index in [1.165, 1.54) is 26.6 Å². The summed E-state index contributed by atoms with van der Waals surface area (Å²) >= 11 is 12.5. The van der Waals surface area contributed by atoms with Crippen molar-refractivity contribution in [2.75, 3.05) is 74.3 Å². The summed E-state index contributed by atoms with van der Waals surface area (Å²) < 4.78 is 55.6. The Morgan fingerprint density at radius 2 is 1.64 bits per heavy atom. The van der Waals surface area contributed by atoms with E-state index in [1.807, 2.05) is 30.8 Å². The van der Waals surface area contributed by atoms with Crippen molar-refractivity contribution in [2.45, 2.75) is 148 Å². The van der Waals surface area contributed by atoms with E-state index in [0.29, 0.717) is 61.8 Å². The van der Waals surface area contributed by atoms with Gasteiger partial charge in [0.05, 0.1) is 67.2 Å². The van der Waals surface area contributed by atoms with Crippen LogP contribution in [0.3, 0.4) is 0 Å². The number of hydrogen-bond acceptors (Lipinski definition) is 18. The van der Waals surface area contributed by atoms with Gasteiger partial charge >= 0.3 is 18.0 Å². The molecule has 76 heavy (non-hydrogen) atoms. The lowest BCUT2D eigenvalue weighted by molar-refractivity contribution is -0.301. The van der Waals surface area contributed by atoms with Gasteiger partial charge in [-0.05, 0) is 85.7 Å². The molecule has 2 N–H and O–H groups in total. The molecule has 0 radical (unpaired) electrons. The number of amides is 1. The maximum absolute atomic E-state index is 14.8. The molecule has 0 aliphatic carbocycles. The lowest BCUT2D eigenvalue weighted by Gasteiger charge is -2.48. The van der Waals surface area contributed by atoms with Gasteiger partial charge in [0.1, 0.15) is 24.1 Å². The van der Waals surface area contributed by atoms with Crippen LogP contribution < -0.4 is 14.8 Å². The van der Waals surface area contributed by atoms with Crippen LogP contribution in [0.2, 0.25) is 10.0 Å². The summed E-state index contributed by atoms with van der Waals surface area (Å²) in [6, 6.07) is 4.48. The van der Waals surface area contributed by atoms with Gasteiger partial charge in [-0.25, -0.2) is 4.79 Å². The fraction of sp³-hybridized carbons (Fsp3) is 0.709. The van der Waals surface area contributed by atoms with Crippen molar-refractivity contribution in [1.29, 1.82) is 0 Å². The van der Waals surface area contributed by atoms with Gasteiger partial charge in [0.2, 0.25) is 0 Å². The van der Waals surface area contributed by atoms with Crippen LogP contribution in [0.1, 0.15) is 104 Å². The number of cyclic esters (lactones) is 1. The normalized spacial score (nSPS) is 32.2. The number of benzene rings is 1. The van der Waals surface area contributed by atoms with Crippen LogP contribution in [0, 0.1) is 29.6 Å². The van der Waals surface area contributed by atoms with Crippen molar-refractivity contribution >= 4 is 52.8 Å². The molecule has 0 saturated carbocycles. The minimum atomic E-state index is -1.58. The van der Waals surface area contributed by atoms with E-state index in [9.17, 15) is 29.1 Å². The largest absolute Gasteiger partial charge is 0.493 e. The maximum Gasteiger partial charge on any atom is 0.407 e. The van der Waals surface area contributed by atoms with Crippen molar-refractivity contribution < 1.29 is 71.7 Å². The number of aromatic nitrogens is 1. The average molecular weight is 1110 g/mol. The minimum Gasteiger partial charge on any atom is -0.493 e. The molecule has 0 spiro atoms. The van der Waals surface area contributed by atoms with Gasteiger partial charge in [-0.15, -0.1) is 0 Å². The van der Waals surface area contributed by atoms with Gasteiger partial charge in [0.25, 0.3) is 0 Å². The zero-order valence-corrected chi connectivity index (χ0v) is 48.1. The number of hydrogen-bond donors (Lipinski definition) is 2. The van der Waals surface area contributed by atoms with E-state index >= 15 is 0 Å². The van der Waals surface area contributed by atoms with Crippen LogP contribution in [0.25, 0.3) is 0 Å². The third-order valence-corrected chi connectivity index (χ3v) is 16.4. The summed E-state index contributed by atoms with van der Waals surface area (Å²) in [6.45, 7) is 18.0. The number of aliphatic hydroxyl groups excluding tert-OH is 1. The molecule has 5 rings (SSSR count). The highest BCUT2D eigenvalue weighted by Crippen LogP contribution is 2.42. The quantitative estimate of drug-likeness (QED) is 0.0663. The van der Waals surface area contributed by atoms with E-state index < -0.39 is 89.5 Å². The molecule has 3 fully saturated rings. The minimum absolute atomic E-state index is 0.0625. The van der Waals surface area contributed by atoms with Crippen LogP contribution in [0.4, 0.5) is 4.79 Å². The molecule has 1 amide bonds. The number of alkyl carbamates (subject to hydrolysis) is 1. The third-order valence-electron chi connectivity index (χ3n) is 15.7. The van der Waals surface area contributed by atoms with Gasteiger partial charge in [-0.3, -0.25) is 29.1 Å². The molecule has 1 aromatic carbocycles. The number of nitrogens with one attached hydrogen (secondary N) is 1. The number of carbonyl (C=O) groups is 5. The standard InChI is InChI=1S/C55H82Cl2N4O15/c1-14-45-55(9,76-53(67)59-18-15-21-71-44-25-37(16-17-43(44)68-12)42(62)26-38-39(56)28-58-29-40(38)57)36(7)33(4)47(64)31(2)27-54(8,69-13)50(75-52-48(65)41(60(10)11)24-32(3)72-52)34(5)49(35(6)51(66)73-45)74-46(63)30-61-19-22-70-23-20-61/h16-17,25,28-29,31-36,41,45,48-50,52,65H,14-15,18-24,26-27,30H2,1-13H3,(H,59,67)/t31-,32-,33-,34+,35-,36-,41+,45-,48-,49+,50-,52+,54-,55+/m1/s1. The highest BCUT2D eigenvalue weighted by molar-refractivity contribution is 6.36. The SMILES string of the molecule is CC[C@H]1OC(=O)[C@H](C)[C@@H](OC(=O)CN2CCOCC2)[C@H](C)[C@@H](O[C@@H]2O[C@H](C)C[C@H](N(C)C)[C@H]2O)[C@](C)(OC)C[C@@H](C)C(=O)[C@H](C)[C@@H](C)[C@]1(C)OC(=O)NCCCOc1cc(C(=O)Cc2c(Cl)cncc2Cl)ccc1OC. The summed E-state index contributed by atoms with van der Waals surface area (Å²) in [7, 11) is 6.73. The smallest absolute Gasteiger partial charge is 0.407 e. The Labute approximate surface area is 458 Å². The van der Waals surface area contributed by atoms with Crippen LogP contribution in [0.5, 0.6) is 11.5 Å². The predicted molar refractivity (Wildman–Crippen MR) is 284 cm³/mol. The van der Waals surface area contributed by atoms with Gasteiger partial charge in [-0.2, -0.15) is 0 Å². The Bertz CT molecular complexity index is 2270. The van der Waals surface area contributed by atoms with Crippen LogP contribution in [-0.4, -0.2) is 178 Å². The lowest BCUT2D eigenvalue weighted by Crippen LogP contribution is -2.60. The Balaban J connectivity index is 1.40. The first kappa shape index (κ1) is 62.7. The molecule has 426 valence electrons. The van der Waals surface area contributed by atoms with Gasteiger partial charge in [0.15, 0.2) is 29.2 Å². The lowest BCUT2D eigenvalue weighted by atomic mass is 9.71. The topological polar surface area (TPSA) is 220 Å². The second-order valence-corrected chi connectivity index (χ2v) is 22.1. The zero-order valence-electron chi connectivity index (χ0n) is 46.6. The second kappa shape index (κ2) is 28.1. The Morgan fingerprint density at radius 3 is 2.26 bits per heavy atom. The number of carbonyl (C=O) groups excluding carboxylic acids is 5.